The quantitative estimate of drug-likeness (QED) is 0.656. The van der Waals surface area contributed by atoms with Gasteiger partial charge >= 0.3 is 0 Å². The third-order valence-corrected chi connectivity index (χ3v) is 5.74. The minimum absolute atomic E-state index is 0.0753. The lowest BCUT2D eigenvalue weighted by Gasteiger charge is -2.41. The molecule has 4 rings (SSSR count). The number of H-pyrrole nitrogens is 1. The molecule has 0 aliphatic carbocycles. The van der Waals surface area contributed by atoms with Gasteiger partial charge in [-0.05, 0) is 18.4 Å². The standard InChI is InChI=1S/C18H20N6OS/c19-15-10-13(22-23-15)16(25)24-8-6-18(7-9-24,12-4-2-1-3-5-12)14-11-26-17(20)21-14/h1-5,10-11H,6-9H2,(H2,20,21)(H3,19,22,23). The molecule has 8 heteroatoms. The number of thiazole rings is 1. The molecule has 1 aromatic carbocycles. The average Bonchev–Trinajstić information content (AvgIpc) is 3.31. The second-order valence-electron chi connectivity index (χ2n) is 6.52. The van der Waals surface area contributed by atoms with Crippen LogP contribution in [0.3, 0.4) is 0 Å². The summed E-state index contributed by atoms with van der Waals surface area (Å²) in [6, 6.07) is 11.9. The third-order valence-electron chi connectivity index (χ3n) is 5.07. The van der Waals surface area contributed by atoms with Crippen LogP contribution in [-0.4, -0.2) is 39.1 Å². The van der Waals surface area contributed by atoms with Crippen molar-refractivity contribution in [3.05, 3.63) is 58.7 Å². The summed E-state index contributed by atoms with van der Waals surface area (Å²) in [6.07, 6.45) is 1.57. The van der Waals surface area contributed by atoms with Crippen LogP contribution in [0, 0.1) is 0 Å². The van der Waals surface area contributed by atoms with Gasteiger partial charge in [0.1, 0.15) is 11.5 Å². The summed E-state index contributed by atoms with van der Waals surface area (Å²) < 4.78 is 0. The first-order chi connectivity index (χ1) is 12.6. The van der Waals surface area contributed by atoms with Gasteiger partial charge in [0.15, 0.2) is 5.13 Å². The lowest BCUT2D eigenvalue weighted by molar-refractivity contribution is 0.0678. The third kappa shape index (κ3) is 2.82. The highest BCUT2D eigenvalue weighted by atomic mass is 32.1. The molecule has 3 heterocycles. The lowest BCUT2D eigenvalue weighted by Crippen LogP contribution is -2.46. The van der Waals surface area contributed by atoms with E-state index in [1.165, 1.54) is 16.9 Å². The topological polar surface area (TPSA) is 114 Å². The Morgan fingerprint density at radius 2 is 1.92 bits per heavy atom. The molecule has 1 saturated heterocycles. The number of nitrogen functional groups attached to an aromatic ring is 2. The van der Waals surface area contributed by atoms with Crippen molar-refractivity contribution in [1.29, 1.82) is 0 Å². The van der Waals surface area contributed by atoms with Crippen molar-refractivity contribution >= 4 is 28.2 Å². The van der Waals surface area contributed by atoms with Crippen molar-refractivity contribution in [3.63, 3.8) is 0 Å². The van der Waals surface area contributed by atoms with Crippen molar-refractivity contribution in [2.24, 2.45) is 0 Å². The molecule has 1 aliphatic heterocycles. The Balaban J connectivity index is 1.61. The highest BCUT2D eigenvalue weighted by molar-refractivity contribution is 7.13. The highest BCUT2D eigenvalue weighted by Gasteiger charge is 2.41. The van der Waals surface area contributed by atoms with E-state index in [4.69, 9.17) is 11.5 Å². The number of nitrogens with zero attached hydrogens (tertiary/aromatic N) is 3. The number of carbonyl (C=O) groups is 1. The molecule has 0 atom stereocenters. The number of rotatable bonds is 3. The lowest BCUT2D eigenvalue weighted by atomic mass is 9.70. The van der Waals surface area contributed by atoms with Crippen LogP contribution in [-0.2, 0) is 5.41 Å². The molecule has 26 heavy (non-hydrogen) atoms. The van der Waals surface area contributed by atoms with Crippen LogP contribution in [0.25, 0.3) is 0 Å². The van der Waals surface area contributed by atoms with Gasteiger partial charge in [0.05, 0.1) is 5.69 Å². The van der Waals surface area contributed by atoms with Crippen LogP contribution in [0.15, 0.2) is 41.8 Å². The number of hydrogen-bond acceptors (Lipinski definition) is 6. The number of nitrogens with two attached hydrogens (primary N) is 2. The molecule has 0 unspecified atom stereocenters. The van der Waals surface area contributed by atoms with Crippen molar-refractivity contribution in [3.8, 4) is 0 Å². The molecule has 5 N–H and O–H groups in total. The summed E-state index contributed by atoms with van der Waals surface area (Å²) >= 11 is 1.46. The molecule has 134 valence electrons. The van der Waals surface area contributed by atoms with Gasteiger partial charge in [0.2, 0.25) is 0 Å². The molecule has 0 radical (unpaired) electrons. The van der Waals surface area contributed by atoms with E-state index < -0.39 is 0 Å². The minimum Gasteiger partial charge on any atom is -0.382 e. The van der Waals surface area contributed by atoms with Gasteiger partial charge in [-0.1, -0.05) is 30.3 Å². The highest BCUT2D eigenvalue weighted by Crippen LogP contribution is 2.42. The molecule has 3 aromatic rings. The Hall–Kier alpha value is -2.87. The van der Waals surface area contributed by atoms with Gasteiger partial charge in [-0.2, -0.15) is 5.10 Å². The Kier molecular flexibility index (Phi) is 4.12. The zero-order valence-electron chi connectivity index (χ0n) is 14.2. The summed E-state index contributed by atoms with van der Waals surface area (Å²) in [4.78, 5) is 19.1. The monoisotopic (exact) mass is 368 g/mol. The van der Waals surface area contributed by atoms with Crippen LogP contribution in [0.4, 0.5) is 10.9 Å². The molecule has 1 aliphatic rings. The number of anilines is 2. The van der Waals surface area contributed by atoms with Crippen molar-refractivity contribution in [1.82, 2.24) is 20.1 Å². The largest absolute Gasteiger partial charge is 0.382 e. The molecule has 0 bridgehead atoms. The van der Waals surface area contributed by atoms with Gasteiger partial charge in [-0.25, -0.2) is 4.98 Å². The number of carbonyl (C=O) groups excluding carboxylic acids is 1. The first-order valence-corrected chi connectivity index (χ1v) is 9.34. The number of nitrogens with one attached hydrogen (secondary N) is 1. The zero-order chi connectivity index (χ0) is 18.1. The molecular formula is C18H20N6OS. The number of hydrogen-bond donors (Lipinski definition) is 3. The Labute approximate surface area is 155 Å². The zero-order valence-corrected chi connectivity index (χ0v) is 15.0. The fraction of sp³-hybridized carbons (Fsp3) is 0.278. The molecule has 1 fully saturated rings. The van der Waals surface area contributed by atoms with E-state index >= 15 is 0 Å². The predicted octanol–water partition coefficient (Wildman–Crippen LogP) is 2.25. The fourth-order valence-electron chi connectivity index (χ4n) is 3.67. The SMILES string of the molecule is Nc1cc(C(=O)N2CCC(c3ccccc3)(c3csc(N)n3)CC2)[nH]n1. The van der Waals surface area contributed by atoms with E-state index in [2.05, 4.69) is 27.3 Å². The van der Waals surface area contributed by atoms with Crippen LogP contribution in [0.5, 0.6) is 0 Å². The van der Waals surface area contributed by atoms with E-state index in [1.54, 1.807) is 6.07 Å². The molecule has 2 aromatic heterocycles. The van der Waals surface area contributed by atoms with E-state index in [1.807, 2.05) is 28.5 Å². The molecular weight excluding hydrogens is 348 g/mol. The van der Waals surface area contributed by atoms with Crippen LogP contribution in [0.1, 0.15) is 34.6 Å². The normalized spacial score (nSPS) is 16.5. The van der Waals surface area contributed by atoms with Gasteiger partial charge in [-0.15, -0.1) is 11.3 Å². The summed E-state index contributed by atoms with van der Waals surface area (Å²) in [6.45, 7) is 1.26. The number of aromatic nitrogens is 3. The Morgan fingerprint density at radius 3 is 2.50 bits per heavy atom. The Bertz CT molecular complexity index is 911. The van der Waals surface area contributed by atoms with Crippen LogP contribution >= 0.6 is 11.3 Å². The van der Waals surface area contributed by atoms with Gasteiger partial charge in [-0.3, -0.25) is 9.89 Å². The molecule has 0 saturated carbocycles. The van der Waals surface area contributed by atoms with Crippen LogP contribution < -0.4 is 11.5 Å². The number of benzene rings is 1. The number of piperidine rings is 1. The van der Waals surface area contributed by atoms with Crippen molar-refractivity contribution in [2.75, 3.05) is 24.6 Å². The first-order valence-electron chi connectivity index (χ1n) is 8.46. The van der Waals surface area contributed by atoms with E-state index in [-0.39, 0.29) is 11.3 Å². The van der Waals surface area contributed by atoms with Gasteiger partial charge in [0, 0.05) is 30.0 Å². The maximum atomic E-state index is 12.7. The minimum atomic E-state index is -0.223. The summed E-state index contributed by atoms with van der Waals surface area (Å²) in [5, 5.41) is 9.15. The van der Waals surface area contributed by atoms with Crippen molar-refractivity contribution < 1.29 is 4.79 Å². The fourth-order valence-corrected chi connectivity index (χ4v) is 4.33. The van der Waals surface area contributed by atoms with E-state index in [0.717, 1.165) is 18.5 Å². The van der Waals surface area contributed by atoms with E-state index in [0.29, 0.717) is 29.7 Å². The van der Waals surface area contributed by atoms with Gasteiger partial charge in [0.25, 0.3) is 5.91 Å². The number of amides is 1. The van der Waals surface area contributed by atoms with E-state index in [9.17, 15) is 4.79 Å². The molecule has 7 nitrogen and oxygen atoms in total. The van der Waals surface area contributed by atoms with Crippen LogP contribution in [0.2, 0.25) is 0 Å². The van der Waals surface area contributed by atoms with Gasteiger partial charge < -0.3 is 16.4 Å². The number of aromatic amines is 1. The summed E-state index contributed by atoms with van der Waals surface area (Å²) in [5.74, 6) is 0.246. The predicted molar refractivity (Wildman–Crippen MR) is 102 cm³/mol. The smallest absolute Gasteiger partial charge is 0.271 e. The maximum Gasteiger partial charge on any atom is 0.271 e. The summed E-state index contributed by atoms with van der Waals surface area (Å²) in [5.41, 5.74) is 13.9. The maximum absolute atomic E-state index is 12.7. The second kappa shape index (κ2) is 6.45. The molecule has 1 amide bonds. The second-order valence-corrected chi connectivity index (χ2v) is 7.41. The average molecular weight is 368 g/mol. The van der Waals surface area contributed by atoms with Crippen molar-refractivity contribution in [2.45, 2.75) is 18.3 Å². The molecule has 0 spiro atoms. The summed E-state index contributed by atoms with van der Waals surface area (Å²) in [7, 11) is 0. The number of likely N-dealkylation sites (tertiary alicyclic amines) is 1. The Morgan fingerprint density at radius 1 is 1.19 bits per heavy atom. The first kappa shape index (κ1) is 16.6.